The molecule has 4 N–H and O–H groups in total. The summed E-state index contributed by atoms with van der Waals surface area (Å²) >= 11 is 0. The van der Waals surface area contributed by atoms with Gasteiger partial charge in [-0.1, -0.05) is 0 Å². The third-order valence-electron chi connectivity index (χ3n) is 3.34. The second-order valence-corrected chi connectivity index (χ2v) is 4.96. The van der Waals surface area contributed by atoms with Crippen molar-refractivity contribution in [2.24, 2.45) is 0 Å². The van der Waals surface area contributed by atoms with Crippen LogP contribution in [0.1, 0.15) is 41.4 Å². The lowest BCUT2D eigenvalue weighted by molar-refractivity contribution is 0.0425. The molecular formula is C16H10N2O6. The van der Waals surface area contributed by atoms with Crippen LogP contribution in [0.15, 0.2) is 36.4 Å². The van der Waals surface area contributed by atoms with Crippen LogP contribution in [0, 0.1) is 0 Å². The van der Waals surface area contributed by atoms with E-state index in [1.165, 1.54) is 24.3 Å². The van der Waals surface area contributed by atoms with E-state index >= 15 is 0 Å². The van der Waals surface area contributed by atoms with Gasteiger partial charge in [0.25, 0.3) is 0 Å². The number of rotatable bonds is 0. The van der Waals surface area contributed by atoms with E-state index in [0.717, 1.165) is 0 Å². The van der Waals surface area contributed by atoms with Crippen LogP contribution in [0.3, 0.4) is 0 Å². The molecule has 0 bridgehead atoms. The molecule has 8 heteroatoms. The fourth-order valence-corrected chi connectivity index (χ4v) is 2.21. The summed E-state index contributed by atoms with van der Waals surface area (Å²) in [7, 11) is 0. The molecule has 8 nitrogen and oxygen atoms in total. The zero-order chi connectivity index (χ0) is 17.4. The maximum absolute atomic E-state index is 10.9. The monoisotopic (exact) mass is 326 g/mol. The Kier molecular flexibility index (Phi) is 3.49. The Morgan fingerprint density at radius 2 is 0.875 bits per heavy atom. The summed E-state index contributed by atoms with van der Waals surface area (Å²) in [6.07, 6.45) is 0. The van der Waals surface area contributed by atoms with E-state index < -0.39 is 23.9 Å². The predicted octanol–water partition coefficient (Wildman–Crippen LogP) is 1.16. The first kappa shape index (κ1) is 15.2. The van der Waals surface area contributed by atoms with Crippen LogP contribution in [0.2, 0.25) is 0 Å². The highest BCUT2D eigenvalue weighted by atomic mass is 16.6. The van der Waals surface area contributed by atoms with Gasteiger partial charge < -0.3 is 20.9 Å². The standard InChI is InChI=1S/2C8H5NO3/c2*9-4-1-2-5-6(3-4)8(11)12-7(5)10/h2*1-3H,9H2. The zero-order valence-corrected chi connectivity index (χ0v) is 12.1. The number of carbonyl (C=O) groups excluding carboxylic acids is 4. The predicted molar refractivity (Wildman–Crippen MR) is 81.2 cm³/mol. The second-order valence-electron chi connectivity index (χ2n) is 4.96. The minimum absolute atomic E-state index is 0.250. The van der Waals surface area contributed by atoms with Crippen molar-refractivity contribution >= 4 is 35.3 Å². The number of hydrogen-bond donors (Lipinski definition) is 2. The molecule has 2 heterocycles. The second kappa shape index (κ2) is 5.51. The zero-order valence-electron chi connectivity index (χ0n) is 12.1. The molecule has 2 aliphatic rings. The number of benzene rings is 2. The van der Waals surface area contributed by atoms with Gasteiger partial charge in [0.05, 0.1) is 22.3 Å². The van der Waals surface area contributed by atoms with E-state index in [1.807, 2.05) is 0 Å². The highest BCUT2D eigenvalue weighted by molar-refractivity contribution is 6.15. The number of fused-ring (bicyclic) bond motifs is 2. The molecule has 0 spiro atoms. The maximum Gasteiger partial charge on any atom is 0.346 e. The van der Waals surface area contributed by atoms with Gasteiger partial charge in [-0.15, -0.1) is 0 Å². The Morgan fingerprint density at radius 1 is 0.542 bits per heavy atom. The molecule has 0 aromatic heterocycles. The lowest BCUT2D eigenvalue weighted by Crippen LogP contribution is -1.96. The summed E-state index contributed by atoms with van der Waals surface area (Å²) in [5.41, 5.74) is 12.8. The number of hydrogen-bond acceptors (Lipinski definition) is 8. The Hall–Kier alpha value is -3.68. The fourth-order valence-electron chi connectivity index (χ4n) is 2.21. The molecule has 0 fully saturated rings. The van der Waals surface area contributed by atoms with Crippen LogP contribution < -0.4 is 11.5 Å². The van der Waals surface area contributed by atoms with Crippen molar-refractivity contribution in [2.45, 2.75) is 0 Å². The van der Waals surface area contributed by atoms with Crippen molar-refractivity contribution in [3.63, 3.8) is 0 Å². The Labute approximate surface area is 134 Å². The summed E-state index contributed by atoms with van der Waals surface area (Å²) in [4.78, 5) is 43.7. The van der Waals surface area contributed by atoms with Gasteiger partial charge in [-0.25, -0.2) is 19.2 Å². The van der Waals surface area contributed by atoms with Crippen molar-refractivity contribution in [2.75, 3.05) is 11.5 Å². The molecule has 0 radical (unpaired) electrons. The van der Waals surface area contributed by atoms with E-state index in [2.05, 4.69) is 9.47 Å². The van der Waals surface area contributed by atoms with Gasteiger partial charge in [0.1, 0.15) is 0 Å². The molecular weight excluding hydrogens is 316 g/mol. The molecule has 2 aliphatic heterocycles. The molecule has 0 aliphatic carbocycles. The number of carbonyl (C=O) groups is 4. The van der Waals surface area contributed by atoms with Crippen LogP contribution in [0.5, 0.6) is 0 Å². The van der Waals surface area contributed by atoms with Gasteiger partial charge in [-0.3, -0.25) is 0 Å². The normalized spacial score (nSPS) is 14.3. The van der Waals surface area contributed by atoms with Crippen LogP contribution in [0.4, 0.5) is 11.4 Å². The molecule has 2 aromatic carbocycles. The van der Waals surface area contributed by atoms with Gasteiger partial charge >= 0.3 is 23.9 Å². The average Bonchev–Trinajstić information content (AvgIpc) is 2.96. The molecule has 0 amide bonds. The van der Waals surface area contributed by atoms with Gasteiger partial charge in [-0.05, 0) is 36.4 Å². The summed E-state index contributed by atoms with van der Waals surface area (Å²) < 4.78 is 8.71. The first-order valence-electron chi connectivity index (χ1n) is 6.69. The largest absolute Gasteiger partial charge is 0.399 e. The third kappa shape index (κ3) is 2.56. The number of anilines is 2. The minimum atomic E-state index is -0.623. The van der Waals surface area contributed by atoms with Crippen molar-refractivity contribution in [1.29, 1.82) is 0 Å². The lowest BCUT2D eigenvalue weighted by atomic mass is 10.1. The topological polar surface area (TPSA) is 139 Å². The fraction of sp³-hybridized carbons (Fsp3) is 0. The summed E-state index contributed by atoms with van der Waals surface area (Å²) in [5, 5.41) is 0. The van der Waals surface area contributed by atoms with E-state index in [1.54, 1.807) is 12.1 Å². The van der Waals surface area contributed by atoms with Crippen molar-refractivity contribution in [3.8, 4) is 0 Å². The van der Waals surface area contributed by atoms with E-state index in [4.69, 9.17) is 11.5 Å². The van der Waals surface area contributed by atoms with E-state index in [-0.39, 0.29) is 22.3 Å². The molecule has 0 saturated heterocycles. The van der Waals surface area contributed by atoms with E-state index in [9.17, 15) is 19.2 Å². The van der Waals surface area contributed by atoms with Crippen molar-refractivity contribution in [3.05, 3.63) is 58.7 Å². The van der Waals surface area contributed by atoms with Gasteiger partial charge in [0.2, 0.25) is 0 Å². The van der Waals surface area contributed by atoms with Crippen LogP contribution >= 0.6 is 0 Å². The molecule has 24 heavy (non-hydrogen) atoms. The lowest BCUT2D eigenvalue weighted by Gasteiger charge is -1.92. The van der Waals surface area contributed by atoms with Crippen molar-refractivity contribution in [1.82, 2.24) is 0 Å². The highest BCUT2D eigenvalue weighted by Gasteiger charge is 2.30. The van der Waals surface area contributed by atoms with Gasteiger partial charge in [-0.2, -0.15) is 0 Å². The molecule has 0 atom stereocenters. The van der Waals surface area contributed by atoms with Gasteiger partial charge in [0.15, 0.2) is 0 Å². The van der Waals surface area contributed by atoms with Gasteiger partial charge in [0, 0.05) is 11.4 Å². The van der Waals surface area contributed by atoms with Crippen LogP contribution in [-0.2, 0) is 9.47 Å². The number of nitrogen functional groups attached to an aromatic ring is 2. The minimum Gasteiger partial charge on any atom is -0.399 e. The summed E-state index contributed by atoms with van der Waals surface area (Å²) in [5.74, 6) is -2.45. The molecule has 4 rings (SSSR count). The number of nitrogens with two attached hydrogens (primary N) is 2. The van der Waals surface area contributed by atoms with Crippen LogP contribution in [-0.4, -0.2) is 23.9 Å². The number of esters is 4. The Morgan fingerprint density at radius 3 is 1.25 bits per heavy atom. The quantitative estimate of drug-likeness (QED) is 0.417. The van der Waals surface area contributed by atoms with Crippen LogP contribution in [0.25, 0.3) is 0 Å². The Bertz CT molecular complexity index is 843. The molecule has 0 unspecified atom stereocenters. The molecule has 0 saturated carbocycles. The summed E-state index contributed by atoms with van der Waals surface area (Å²) in [6.45, 7) is 0. The molecule has 120 valence electrons. The average molecular weight is 326 g/mol. The van der Waals surface area contributed by atoms with Crippen molar-refractivity contribution < 1.29 is 28.7 Å². The molecule has 2 aromatic rings. The third-order valence-corrected chi connectivity index (χ3v) is 3.34. The smallest absolute Gasteiger partial charge is 0.346 e. The maximum atomic E-state index is 10.9. The number of ether oxygens (including phenoxy) is 2. The Balaban J connectivity index is 0.000000141. The SMILES string of the molecule is Nc1ccc2c(c1)C(=O)OC2=O.Nc1ccc2c(c1)C(=O)OC2=O. The highest BCUT2D eigenvalue weighted by Crippen LogP contribution is 2.22. The number of cyclic esters (lactones) is 4. The summed E-state index contributed by atoms with van der Waals surface area (Å²) in [6, 6.07) is 8.94. The first-order chi connectivity index (χ1) is 11.4. The first-order valence-corrected chi connectivity index (χ1v) is 6.69. The van der Waals surface area contributed by atoms with E-state index in [0.29, 0.717) is 11.4 Å².